The van der Waals surface area contributed by atoms with Crippen LogP contribution in [0.4, 0.5) is 8.78 Å². The summed E-state index contributed by atoms with van der Waals surface area (Å²) < 4.78 is 37.1. The van der Waals surface area contributed by atoms with Crippen molar-refractivity contribution in [2.24, 2.45) is 0 Å². The molecule has 2 N–H and O–H groups in total. The van der Waals surface area contributed by atoms with E-state index in [1.165, 1.54) is 19.4 Å². The average molecular weight is 382 g/mol. The van der Waals surface area contributed by atoms with Gasteiger partial charge < -0.3 is 19.6 Å². The van der Waals surface area contributed by atoms with Crippen LogP contribution in [0.3, 0.4) is 0 Å². The van der Waals surface area contributed by atoms with Crippen LogP contribution in [0.15, 0.2) is 28.8 Å². The molecule has 2 rings (SSSR count). The van der Waals surface area contributed by atoms with Gasteiger partial charge in [0.2, 0.25) is 5.91 Å². The average Bonchev–Trinajstić information content (AvgIpc) is 3.00. The Labute approximate surface area is 154 Å². The third-order valence-electron chi connectivity index (χ3n) is 3.76. The molecule has 0 aliphatic carbocycles. The molecule has 27 heavy (non-hydrogen) atoms. The third kappa shape index (κ3) is 5.85. The lowest BCUT2D eigenvalue weighted by atomic mass is 9.98. The molecule has 2 aromatic rings. The Morgan fingerprint density at radius 2 is 2.11 bits per heavy atom. The van der Waals surface area contributed by atoms with E-state index in [4.69, 9.17) is 14.3 Å². The van der Waals surface area contributed by atoms with Gasteiger partial charge in [-0.3, -0.25) is 9.59 Å². The maximum atomic E-state index is 13.8. The van der Waals surface area contributed by atoms with Crippen molar-refractivity contribution in [1.82, 2.24) is 10.3 Å². The summed E-state index contributed by atoms with van der Waals surface area (Å²) in [5.74, 6) is -2.61. The van der Waals surface area contributed by atoms with Gasteiger partial charge in [0.1, 0.15) is 11.6 Å². The van der Waals surface area contributed by atoms with Gasteiger partial charge in [-0.05, 0) is 19.1 Å². The van der Waals surface area contributed by atoms with Gasteiger partial charge in [-0.25, -0.2) is 13.8 Å². The highest BCUT2D eigenvalue weighted by Crippen LogP contribution is 2.24. The molecule has 0 saturated carbocycles. The van der Waals surface area contributed by atoms with Crippen molar-refractivity contribution in [3.05, 3.63) is 41.9 Å². The fourth-order valence-electron chi connectivity index (χ4n) is 2.64. The van der Waals surface area contributed by atoms with Crippen molar-refractivity contribution in [2.45, 2.75) is 31.7 Å². The lowest BCUT2D eigenvalue weighted by molar-refractivity contribution is -0.139. The molecule has 1 amide bonds. The summed E-state index contributed by atoms with van der Waals surface area (Å²) in [6.45, 7) is 1.61. The number of oxazole rings is 1. The molecule has 0 aliphatic heterocycles. The summed E-state index contributed by atoms with van der Waals surface area (Å²) in [4.78, 5) is 27.1. The Kier molecular flexibility index (Phi) is 6.62. The van der Waals surface area contributed by atoms with E-state index >= 15 is 0 Å². The minimum absolute atomic E-state index is 0.00915. The lowest BCUT2D eigenvalue weighted by Crippen LogP contribution is -2.50. The second kappa shape index (κ2) is 8.72. The molecule has 146 valence electrons. The Hall–Kier alpha value is -2.81. The first-order valence-corrected chi connectivity index (χ1v) is 8.14. The number of benzene rings is 1. The highest BCUT2D eigenvalue weighted by Gasteiger charge is 2.29. The molecule has 1 aromatic heterocycles. The summed E-state index contributed by atoms with van der Waals surface area (Å²) in [5, 5.41) is 11.6. The van der Waals surface area contributed by atoms with Crippen molar-refractivity contribution in [2.75, 3.05) is 13.7 Å². The van der Waals surface area contributed by atoms with E-state index < -0.39 is 29.0 Å². The Morgan fingerprint density at radius 1 is 1.37 bits per heavy atom. The van der Waals surface area contributed by atoms with Crippen LogP contribution in [0.25, 0.3) is 11.3 Å². The van der Waals surface area contributed by atoms with Crippen LogP contribution in [-0.4, -0.2) is 41.2 Å². The van der Waals surface area contributed by atoms with Crippen molar-refractivity contribution in [3.63, 3.8) is 0 Å². The number of nitrogens with zero attached hydrogens (tertiary/aromatic N) is 1. The van der Waals surface area contributed by atoms with Crippen molar-refractivity contribution in [1.29, 1.82) is 0 Å². The van der Waals surface area contributed by atoms with Crippen molar-refractivity contribution in [3.8, 4) is 11.3 Å². The molecule has 0 aliphatic rings. The first-order chi connectivity index (χ1) is 12.7. The van der Waals surface area contributed by atoms with E-state index in [2.05, 4.69) is 10.3 Å². The third-order valence-corrected chi connectivity index (χ3v) is 3.76. The zero-order valence-electron chi connectivity index (χ0n) is 14.9. The zero-order valence-corrected chi connectivity index (χ0v) is 14.9. The molecule has 0 spiro atoms. The standard InChI is InChI=1S/C18H20F2N2O5/c1-18(10-26-2,8-17(24)25)22-15(23)5-6-16-21-9-14(27-16)12-4-3-11(19)7-13(12)20/h3-4,7,9H,5-6,8,10H2,1-2H3,(H,22,23)(H,24,25). The Morgan fingerprint density at radius 3 is 2.74 bits per heavy atom. The largest absolute Gasteiger partial charge is 0.481 e. The first kappa shape index (κ1) is 20.5. The molecule has 1 aromatic carbocycles. The molecular formula is C18H20F2N2O5. The van der Waals surface area contributed by atoms with Crippen LogP contribution in [-0.2, 0) is 20.7 Å². The minimum Gasteiger partial charge on any atom is -0.481 e. The molecule has 0 bridgehead atoms. The second-order valence-corrected chi connectivity index (χ2v) is 6.35. The van der Waals surface area contributed by atoms with Crippen LogP contribution >= 0.6 is 0 Å². The van der Waals surface area contributed by atoms with Crippen LogP contribution in [0.5, 0.6) is 0 Å². The van der Waals surface area contributed by atoms with Crippen LogP contribution in [0.2, 0.25) is 0 Å². The quantitative estimate of drug-likeness (QED) is 0.691. The van der Waals surface area contributed by atoms with Crippen LogP contribution in [0.1, 0.15) is 25.7 Å². The van der Waals surface area contributed by atoms with Gasteiger partial charge in [-0.2, -0.15) is 0 Å². The number of carbonyl (C=O) groups excluding carboxylic acids is 1. The topological polar surface area (TPSA) is 102 Å². The number of halogens is 2. The van der Waals surface area contributed by atoms with Gasteiger partial charge in [-0.15, -0.1) is 0 Å². The number of aliphatic carboxylic acids is 1. The van der Waals surface area contributed by atoms with Gasteiger partial charge in [-0.1, -0.05) is 0 Å². The first-order valence-electron chi connectivity index (χ1n) is 8.14. The number of rotatable bonds is 9. The molecule has 7 nitrogen and oxygen atoms in total. The summed E-state index contributed by atoms with van der Waals surface area (Å²) in [6, 6.07) is 3.08. The van der Waals surface area contributed by atoms with E-state index in [0.29, 0.717) is 0 Å². The predicted octanol–water partition coefficient (Wildman–Crippen LogP) is 2.55. The molecule has 0 fully saturated rings. The fraction of sp³-hybridized carbons (Fsp3) is 0.389. The van der Waals surface area contributed by atoms with E-state index in [9.17, 15) is 18.4 Å². The number of carboxylic acids is 1. The predicted molar refractivity (Wildman–Crippen MR) is 90.9 cm³/mol. The number of carbonyl (C=O) groups is 2. The van der Waals surface area contributed by atoms with E-state index in [1.54, 1.807) is 6.92 Å². The van der Waals surface area contributed by atoms with Gasteiger partial charge in [0.15, 0.2) is 11.7 Å². The number of hydrogen-bond acceptors (Lipinski definition) is 5. The van der Waals surface area contributed by atoms with E-state index in [1.807, 2.05) is 0 Å². The Bertz CT molecular complexity index is 824. The number of carboxylic acid groups (broad SMARTS) is 1. The number of ether oxygens (including phenoxy) is 1. The molecule has 1 atom stereocenters. The molecule has 0 saturated heterocycles. The SMILES string of the molecule is COCC(C)(CC(=O)O)NC(=O)CCc1ncc(-c2ccc(F)cc2F)o1. The second-order valence-electron chi connectivity index (χ2n) is 6.35. The maximum absolute atomic E-state index is 13.8. The maximum Gasteiger partial charge on any atom is 0.305 e. The summed E-state index contributed by atoms with van der Waals surface area (Å²) in [7, 11) is 1.41. The van der Waals surface area contributed by atoms with E-state index in [0.717, 1.165) is 12.1 Å². The normalized spacial score (nSPS) is 13.2. The smallest absolute Gasteiger partial charge is 0.305 e. The molecule has 9 heteroatoms. The number of hydrogen-bond donors (Lipinski definition) is 2. The number of aromatic nitrogens is 1. The minimum atomic E-state index is -1.06. The highest BCUT2D eigenvalue weighted by molar-refractivity contribution is 5.78. The number of nitrogens with one attached hydrogen (secondary N) is 1. The number of methoxy groups -OCH3 is 1. The molecule has 0 radical (unpaired) electrons. The van der Waals surface area contributed by atoms with E-state index in [-0.39, 0.29) is 43.1 Å². The zero-order chi connectivity index (χ0) is 20.0. The number of aryl methyl sites for hydroxylation is 1. The van der Waals surface area contributed by atoms with Gasteiger partial charge in [0, 0.05) is 26.0 Å². The Balaban J connectivity index is 1.97. The van der Waals surface area contributed by atoms with Gasteiger partial charge in [0.25, 0.3) is 0 Å². The van der Waals surface area contributed by atoms with Crippen molar-refractivity contribution >= 4 is 11.9 Å². The highest BCUT2D eigenvalue weighted by atomic mass is 19.1. The van der Waals surface area contributed by atoms with Crippen LogP contribution < -0.4 is 5.32 Å². The molecular weight excluding hydrogens is 362 g/mol. The summed E-state index contributed by atoms with van der Waals surface area (Å²) >= 11 is 0. The number of amides is 1. The monoisotopic (exact) mass is 382 g/mol. The van der Waals surface area contributed by atoms with Gasteiger partial charge >= 0.3 is 5.97 Å². The summed E-state index contributed by atoms with van der Waals surface area (Å²) in [5.41, 5.74) is -0.981. The molecule has 1 heterocycles. The van der Waals surface area contributed by atoms with Gasteiger partial charge in [0.05, 0.1) is 30.3 Å². The molecule has 1 unspecified atom stereocenters. The lowest BCUT2D eigenvalue weighted by Gasteiger charge is -2.28. The van der Waals surface area contributed by atoms with Crippen LogP contribution in [0, 0.1) is 11.6 Å². The summed E-state index contributed by atoms with van der Waals surface area (Å²) in [6.07, 6.45) is 1.12. The fourth-order valence-corrected chi connectivity index (χ4v) is 2.64. The van der Waals surface area contributed by atoms with Crippen molar-refractivity contribution < 1.29 is 32.6 Å².